The number of carboxylic acids is 1. The van der Waals surface area contributed by atoms with E-state index in [9.17, 15) is 9.18 Å². The van der Waals surface area contributed by atoms with Gasteiger partial charge in [0.2, 0.25) is 0 Å². The highest BCUT2D eigenvalue weighted by molar-refractivity contribution is 5.66. The Bertz CT molecular complexity index is 421. The Morgan fingerprint density at radius 3 is 2.74 bits per heavy atom. The van der Waals surface area contributed by atoms with Crippen LogP contribution in [0.15, 0.2) is 18.2 Å². The van der Waals surface area contributed by atoms with Gasteiger partial charge in [-0.3, -0.25) is 4.79 Å². The predicted molar refractivity (Wildman–Crippen MR) is 73.7 cm³/mol. The van der Waals surface area contributed by atoms with Gasteiger partial charge in [0, 0.05) is 12.5 Å². The maximum absolute atomic E-state index is 13.4. The summed E-state index contributed by atoms with van der Waals surface area (Å²) in [4.78, 5) is 10.3. The number of hydrogen-bond donors (Lipinski definition) is 2. The predicted octanol–water partition coefficient (Wildman–Crippen LogP) is 3.43. The molecule has 0 saturated heterocycles. The van der Waals surface area contributed by atoms with Crippen LogP contribution < -0.4 is 5.32 Å². The molecule has 1 aromatic rings. The molecule has 0 heterocycles. The molecule has 1 rings (SSSR count). The second kappa shape index (κ2) is 7.89. The SMILES string of the molecule is Cc1ccc(C(C)NCCCCCC(=O)O)cc1F. The second-order valence-corrected chi connectivity index (χ2v) is 4.89. The summed E-state index contributed by atoms with van der Waals surface area (Å²) in [5.74, 6) is -0.913. The summed E-state index contributed by atoms with van der Waals surface area (Å²) in [6.45, 7) is 4.57. The molecular formula is C15H22FNO2. The fraction of sp³-hybridized carbons (Fsp3) is 0.533. The van der Waals surface area contributed by atoms with Gasteiger partial charge in [0.25, 0.3) is 0 Å². The lowest BCUT2D eigenvalue weighted by Gasteiger charge is -2.14. The van der Waals surface area contributed by atoms with Crippen LogP contribution in [-0.4, -0.2) is 17.6 Å². The number of rotatable bonds is 8. The van der Waals surface area contributed by atoms with Gasteiger partial charge in [-0.15, -0.1) is 0 Å². The lowest BCUT2D eigenvalue weighted by molar-refractivity contribution is -0.137. The molecule has 0 saturated carbocycles. The molecule has 19 heavy (non-hydrogen) atoms. The smallest absolute Gasteiger partial charge is 0.303 e. The van der Waals surface area contributed by atoms with Crippen molar-refractivity contribution >= 4 is 5.97 Å². The topological polar surface area (TPSA) is 49.3 Å². The van der Waals surface area contributed by atoms with Gasteiger partial charge in [-0.1, -0.05) is 18.6 Å². The molecule has 0 bridgehead atoms. The van der Waals surface area contributed by atoms with E-state index in [1.165, 1.54) is 0 Å². The van der Waals surface area contributed by atoms with Crippen LogP contribution in [-0.2, 0) is 4.79 Å². The van der Waals surface area contributed by atoms with Crippen LogP contribution in [0.3, 0.4) is 0 Å². The van der Waals surface area contributed by atoms with Crippen molar-refractivity contribution in [3.63, 3.8) is 0 Å². The zero-order valence-corrected chi connectivity index (χ0v) is 11.6. The molecule has 1 atom stereocenters. The van der Waals surface area contributed by atoms with Gasteiger partial charge in [0.15, 0.2) is 0 Å². The van der Waals surface area contributed by atoms with Crippen LogP contribution in [0.2, 0.25) is 0 Å². The number of nitrogens with one attached hydrogen (secondary N) is 1. The maximum atomic E-state index is 13.4. The first-order chi connectivity index (χ1) is 9.00. The van der Waals surface area contributed by atoms with Gasteiger partial charge >= 0.3 is 5.97 Å². The zero-order chi connectivity index (χ0) is 14.3. The average Bonchev–Trinajstić information content (AvgIpc) is 2.36. The quantitative estimate of drug-likeness (QED) is 0.709. The largest absolute Gasteiger partial charge is 0.481 e. The van der Waals surface area contributed by atoms with Crippen molar-refractivity contribution in [1.82, 2.24) is 5.32 Å². The van der Waals surface area contributed by atoms with E-state index < -0.39 is 5.97 Å². The van der Waals surface area contributed by atoms with E-state index in [1.807, 2.05) is 13.0 Å². The molecule has 0 aliphatic heterocycles. The summed E-state index contributed by atoms with van der Waals surface area (Å²) in [5, 5.41) is 11.8. The molecule has 1 unspecified atom stereocenters. The zero-order valence-electron chi connectivity index (χ0n) is 11.6. The number of hydrogen-bond acceptors (Lipinski definition) is 2. The van der Waals surface area contributed by atoms with Gasteiger partial charge in [-0.05, 0) is 50.4 Å². The molecule has 4 heteroatoms. The van der Waals surface area contributed by atoms with E-state index >= 15 is 0 Å². The summed E-state index contributed by atoms with van der Waals surface area (Å²) in [5.41, 5.74) is 1.60. The van der Waals surface area contributed by atoms with Crippen molar-refractivity contribution in [2.75, 3.05) is 6.54 Å². The average molecular weight is 267 g/mol. The van der Waals surface area contributed by atoms with Crippen LogP contribution in [0.4, 0.5) is 4.39 Å². The molecule has 1 aromatic carbocycles. The Morgan fingerprint density at radius 2 is 2.11 bits per heavy atom. The van der Waals surface area contributed by atoms with Crippen LogP contribution in [0, 0.1) is 12.7 Å². The standard InChI is InChI=1S/C15H22FNO2/c1-11-7-8-13(10-14(11)16)12(2)17-9-5-3-4-6-15(18)19/h7-8,10,12,17H,3-6,9H2,1-2H3,(H,18,19). The summed E-state index contributed by atoms with van der Waals surface area (Å²) in [6, 6.07) is 5.39. The minimum atomic E-state index is -0.739. The Kier molecular flexibility index (Phi) is 6.50. The lowest BCUT2D eigenvalue weighted by atomic mass is 10.1. The number of carboxylic acid groups (broad SMARTS) is 1. The van der Waals surface area contributed by atoms with Crippen LogP contribution in [0.25, 0.3) is 0 Å². The summed E-state index contributed by atoms with van der Waals surface area (Å²) in [7, 11) is 0. The number of aliphatic carboxylic acids is 1. The summed E-state index contributed by atoms with van der Waals surface area (Å²) in [6.07, 6.45) is 2.78. The molecule has 0 aliphatic rings. The van der Waals surface area contributed by atoms with Gasteiger partial charge in [-0.25, -0.2) is 4.39 Å². The van der Waals surface area contributed by atoms with Crippen molar-refractivity contribution in [1.29, 1.82) is 0 Å². The summed E-state index contributed by atoms with van der Waals surface area (Å²) >= 11 is 0. The third-order valence-corrected chi connectivity index (χ3v) is 3.21. The highest BCUT2D eigenvalue weighted by atomic mass is 19.1. The third kappa shape index (κ3) is 5.83. The molecule has 0 spiro atoms. The highest BCUT2D eigenvalue weighted by Gasteiger charge is 2.06. The van der Waals surface area contributed by atoms with E-state index in [2.05, 4.69) is 5.32 Å². The minimum absolute atomic E-state index is 0.106. The first-order valence-corrected chi connectivity index (χ1v) is 6.72. The van der Waals surface area contributed by atoms with Gasteiger partial charge in [-0.2, -0.15) is 0 Å². The van der Waals surface area contributed by atoms with Crippen molar-refractivity contribution in [2.24, 2.45) is 0 Å². The van der Waals surface area contributed by atoms with Gasteiger partial charge in [0.1, 0.15) is 5.82 Å². The fourth-order valence-corrected chi connectivity index (χ4v) is 1.89. The highest BCUT2D eigenvalue weighted by Crippen LogP contribution is 2.16. The van der Waals surface area contributed by atoms with E-state index in [0.29, 0.717) is 12.0 Å². The van der Waals surface area contributed by atoms with Crippen molar-refractivity contribution in [2.45, 2.75) is 45.6 Å². The molecule has 0 fully saturated rings. The normalized spacial score (nSPS) is 12.4. The van der Waals surface area contributed by atoms with Crippen LogP contribution >= 0.6 is 0 Å². The number of aryl methyl sites for hydroxylation is 1. The molecule has 0 aromatic heterocycles. The number of benzene rings is 1. The van der Waals surface area contributed by atoms with Crippen molar-refractivity contribution in [3.05, 3.63) is 35.1 Å². The van der Waals surface area contributed by atoms with E-state index in [4.69, 9.17) is 5.11 Å². The molecule has 3 nitrogen and oxygen atoms in total. The molecule has 0 aliphatic carbocycles. The monoisotopic (exact) mass is 267 g/mol. The molecular weight excluding hydrogens is 245 g/mol. The molecule has 0 radical (unpaired) electrons. The Balaban J connectivity index is 2.25. The molecule has 2 N–H and O–H groups in total. The van der Waals surface area contributed by atoms with Crippen molar-refractivity contribution < 1.29 is 14.3 Å². The minimum Gasteiger partial charge on any atom is -0.481 e. The molecule has 106 valence electrons. The molecule has 0 amide bonds. The fourth-order valence-electron chi connectivity index (χ4n) is 1.89. The number of unbranched alkanes of at least 4 members (excludes halogenated alkanes) is 2. The number of carbonyl (C=O) groups is 1. The van der Waals surface area contributed by atoms with Crippen molar-refractivity contribution in [3.8, 4) is 0 Å². The Labute approximate surface area is 113 Å². The number of halogens is 1. The van der Waals surface area contributed by atoms with E-state index in [-0.39, 0.29) is 18.3 Å². The summed E-state index contributed by atoms with van der Waals surface area (Å²) < 4.78 is 13.4. The first-order valence-electron chi connectivity index (χ1n) is 6.72. The maximum Gasteiger partial charge on any atom is 0.303 e. The van der Waals surface area contributed by atoms with Crippen LogP contribution in [0.5, 0.6) is 0 Å². The Hall–Kier alpha value is -1.42. The van der Waals surface area contributed by atoms with Gasteiger partial charge in [0.05, 0.1) is 0 Å². The third-order valence-electron chi connectivity index (χ3n) is 3.21. The van der Waals surface area contributed by atoms with E-state index in [1.54, 1.807) is 19.1 Å². The van der Waals surface area contributed by atoms with Crippen LogP contribution in [0.1, 0.15) is 49.8 Å². The Morgan fingerprint density at radius 1 is 1.37 bits per heavy atom. The first kappa shape index (κ1) is 15.6. The van der Waals surface area contributed by atoms with Gasteiger partial charge < -0.3 is 10.4 Å². The second-order valence-electron chi connectivity index (χ2n) is 4.89. The van der Waals surface area contributed by atoms with E-state index in [0.717, 1.165) is 24.9 Å². The lowest BCUT2D eigenvalue weighted by Crippen LogP contribution is -2.20.